The molecule has 2 unspecified atom stereocenters. The van der Waals surface area contributed by atoms with Crippen LogP contribution in [0.5, 0.6) is 0 Å². The van der Waals surface area contributed by atoms with E-state index >= 15 is 0 Å². The SMILES string of the molecule is C1=CC2=CC=CC(c3ccc(N(c4ccc(-c5cc6ccccc6c6ccccc56)cc4)c4cccc(-c5cccc6ccccc56)c4)cc3)C2C=C1. The zero-order chi connectivity index (χ0) is 35.1. The molecule has 2 atom stereocenters. The van der Waals surface area contributed by atoms with Crippen molar-refractivity contribution in [2.45, 2.75) is 5.92 Å². The highest BCUT2D eigenvalue weighted by atomic mass is 15.1. The molecule has 10 rings (SSSR count). The van der Waals surface area contributed by atoms with Crippen LogP contribution in [-0.2, 0) is 0 Å². The monoisotopic (exact) mass is 675 g/mol. The van der Waals surface area contributed by atoms with Crippen LogP contribution >= 0.6 is 0 Å². The average molecular weight is 676 g/mol. The molecule has 0 radical (unpaired) electrons. The number of hydrogen-bond acceptors (Lipinski definition) is 1. The molecule has 0 N–H and O–H groups in total. The van der Waals surface area contributed by atoms with Crippen molar-refractivity contribution < 1.29 is 0 Å². The fraction of sp³-hybridized carbons (Fsp3) is 0.0385. The zero-order valence-corrected chi connectivity index (χ0v) is 29.3. The van der Waals surface area contributed by atoms with Crippen molar-refractivity contribution in [3.05, 3.63) is 224 Å². The molecule has 53 heavy (non-hydrogen) atoms. The minimum atomic E-state index is 0.310. The van der Waals surface area contributed by atoms with Crippen LogP contribution in [0.25, 0.3) is 54.6 Å². The van der Waals surface area contributed by atoms with Crippen molar-refractivity contribution in [1.82, 2.24) is 0 Å². The van der Waals surface area contributed by atoms with Gasteiger partial charge in [-0.15, -0.1) is 0 Å². The van der Waals surface area contributed by atoms with E-state index in [0.29, 0.717) is 11.8 Å². The number of benzene rings is 8. The number of hydrogen-bond donors (Lipinski definition) is 0. The molecule has 250 valence electrons. The second-order valence-corrected chi connectivity index (χ2v) is 14.1. The van der Waals surface area contributed by atoms with Crippen molar-refractivity contribution in [3.8, 4) is 22.3 Å². The number of allylic oxidation sites excluding steroid dienone is 8. The third-order valence-corrected chi connectivity index (χ3v) is 11.0. The van der Waals surface area contributed by atoms with Gasteiger partial charge in [0.2, 0.25) is 0 Å². The maximum absolute atomic E-state index is 2.39. The molecular formula is C52H37N. The van der Waals surface area contributed by atoms with E-state index in [0.717, 1.165) is 17.1 Å². The molecule has 0 saturated carbocycles. The Morgan fingerprint density at radius 3 is 1.87 bits per heavy atom. The van der Waals surface area contributed by atoms with Gasteiger partial charge in [0, 0.05) is 28.9 Å². The van der Waals surface area contributed by atoms with Gasteiger partial charge in [-0.1, -0.05) is 170 Å². The van der Waals surface area contributed by atoms with Crippen LogP contribution in [0.1, 0.15) is 11.5 Å². The molecule has 2 aliphatic rings. The Balaban J connectivity index is 1.08. The van der Waals surface area contributed by atoms with Crippen LogP contribution < -0.4 is 4.90 Å². The molecule has 1 heteroatoms. The Bertz CT molecular complexity index is 2770. The van der Waals surface area contributed by atoms with Crippen molar-refractivity contribution in [3.63, 3.8) is 0 Å². The first-order valence-corrected chi connectivity index (χ1v) is 18.5. The normalized spacial score (nSPS) is 16.2. The molecule has 0 heterocycles. The Hall–Kier alpha value is -6.70. The van der Waals surface area contributed by atoms with Crippen LogP contribution in [-0.4, -0.2) is 0 Å². The maximum Gasteiger partial charge on any atom is 0.0467 e. The standard InChI is InChI=1S/C52H37N/c1-4-19-45-36(12-1)15-10-24-47(45)38-26-30-42(31-27-38)53(44-18-9-17-40(34-44)48-25-11-16-37-13-2-5-20-46(37)48)43-32-28-39(29-33-43)52-35-41-14-3-6-21-49(41)50-22-7-8-23-51(50)52/h1-35,45,47H. The molecule has 0 fully saturated rings. The quantitative estimate of drug-likeness (QED) is 0.159. The van der Waals surface area contributed by atoms with Gasteiger partial charge in [-0.3, -0.25) is 0 Å². The summed E-state index contributed by atoms with van der Waals surface area (Å²) >= 11 is 0. The number of fused-ring (bicyclic) bond motifs is 5. The van der Waals surface area contributed by atoms with Crippen LogP contribution in [0, 0.1) is 5.92 Å². The van der Waals surface area contributed by atoms with Gasteiger partial charge in [0.15, 0.2) is 0 Å². The first-order valence-electron chi connectivity index (χ1n) is 18.5. The molecule has 2 aliphatic carbocycles. The van der Waals surface area contributed by atoms with Gasteiger partial charge in [0.1, 0.15) is 0 Å². The van der Waals surface area contributed by atoms with Gasteiger partial charge in [-0.2, -0.15) is 0 Å². The lowest BCUT2D eigenvalue weighted by Gasteiger charge is -2.29. The Kier molecular flexibility index (Phi) is 7.69. The lowest BCUT2D eigenvalue weighted by Crippen LogP contribution is -2.15. The van der Waals surface area contributed by atoms with Gasteiger partial charge in [0.25, 0.3) is 0 Å². The molecule has 0 aromatic heterocycles. The largest absolute Gasteiger partial charge is 0.310 e. The van der Waals surface area contributed by atoms with E-state index < -0.39 is 0 Å². The van der Waals surface area contributed by atoms with Gasteiger partial charge in [0.05, 0.1) is 0 Å². The van der Waals surface area contributed by atoms with Crippen molar-refractivity contribution in [2.24, 2.45) is 5.92 Å². The lowest BCUT2D eigenvalue weighted by molar-refractivity contribution is 0.670. The smallest absolute Gasteiger partial charge is 0.0467 e. The summed E-state index contributed by atoms with van der Waals surface area (Å²) in [5.41, 5.74) is 10.9. The summed E-state index contributed by atoms with van der Waals surface area (Å²) in [6, 6.07) is 62.4. The average Bonchev–Trinajstić information content (AvgIpc) is 3.24. The van der Waals surface area contributed by atoms with E-state index in [9.17, 15) is 0 Å². The summed E-state index contributed by atoms with van der Waals surface area (Å²) in [4.78, 5) is 2.39. The fourth-order valence-electron chi connectivity index (χ4n) is 8.46. The maximum atomic E-state index is 2.39. The molecule has 0 aliphatic heterocycles. The van der Waals surface area contributed by atoms with Crippen molar-refractivity contribution in [1.29, 1.82) is 0 Å². The summed E-state index contributed by atoms with van der Waals surface area (Å²) < 4.78 is 0. The first kappa shape index (κ1) is 31.1. The molecule has 0 bridgehead atoms. The summed E-state index contributed by atoms with van der Waals surface area (Å²) in [5.74, 6) is 0.674. The van der Waals surface area contributed by atoms with Crippen molar-refractivity contribution >= 4 is 49.4 Å². The van der Waals surface area contributed by atoms with Crippen LogP contribution in [0.2, 0.25) is 0 Å². The Morgan fingerprint density at radius 1 is 0.377 bits per heavy atom. The summed E-state index contributed by atoms with van der Waals surface area (Å²) in [5, 5.41) is 7.61. The molecule has 0 spiro atoms. The molecule has 0 saturated heterocycles. The highest BCUT2D eigenvalue weighted by Crippen LogP contribution is 2.42. The second kappa shape index (κ2) is 13.1. The van der Waals surface area contributed by atoms with Gasteiger partial charge in [-0.25, -0.2) is 0 Å². The second-order valence-electron chi connectivity index (χ2n) is 14.1. The lowest BCUT2D eigenvalue weighted by atomic mass is 9.76. The van der Waals surface area contributed by atoms with E-state index in [4.69, 9.17) is 0 Å². The third-order valence-electron chi connectivity index (χ3n) is 11.0. The Morgan fingerprint density at radius 2 is 1.04 bits per heavy atom. The topological polar surface area (TPSA) is 3.24 Å². The molecule has 8 aromatic carbocycles. The van der Waals surface area contributed by atoms with Gasteiger partial charge >= 0.3 is 0 Å². The van der Waals surface area contributed by atoms with Crippen LogP contribution in [0.4, 0.5) is 17.1 Å². The summed E-state index contributed by atoms with van der Waals surface area (Å²) in [6.45, 7) is 0. The highest BCUT2D eigenvalue weighted by molar-refractivity contribution is 6.13. The van der Waals surface area contributed by atoms with E-state index in [1.54, 1.807) is 0 Å². The van der Waals surface area contributed by atoms with Gasteiger partial charge in [-0.05, 0) is 108 Å². The molecule has 8 aromatic rings. The minimum Gasteiger partial charge on any atom is -0.310 e. The van der Waals surface area contributed by atoms with E-state index in [2.05, 4.69) is 217 Å². The number of rotatable bonds is 6. The molecule has 0 amide bonds. The van der Waals surface area contributed by atoms with Gasteiger partial charge < -0.3 is 4.90 Å². The first-order chi connectivity index (χ1) is 26.3. The third kappa shape index (κ3) is 5.59. The fourth-order valence-corrected chi connectivity index (χ4v) is 8.46. The summed E-state index contributed by atoms with van der Waals surface area (Å²) in [7, 11) is 0. The molecular weight excluding hydrogens is 639 g/mol. The van der Waals surface area contributed by atoms with E-state index in [1.165, 1.54) is 65.7 Å². The number of anilines is 3. The van der Waals surface area contributed by atoms with Crippen LogP contribution in [0.15, 0.2) is 218 Å². The predicted molar refractivity (Wildman–Crippen MR) is 226 cm³/mol. The summed E-state index contributed by atoms with van der Waals surface area (Å²) in [6.07, 6.45) is 15.7. The highest BCUT2D eigenvalue weighted by Gasteiger charge is 2.25. The van der Waals surface area contributed by atoms with Crippen molar-refractivity contribution in [2.75, 3.05) is 4.90 Å². The van der Waals surface area contributed by atoms with Crippen LogP contribution in [0.3, 0.4) is 0 Å². The zero-order valence-electron chi connectivity index (χ0n) is 29.3. The Labute approximate surface area is 310 Å². The van der Waals surface area contributed by atoms with E-state index in [1.807, 2.05) is 0 Å². The minimum absolute atomic E-state index is 0.310. The number of nitrogens with zero attached hydrogens (tertiary/aromatic N) is 1. The van der Waals surface area contributed by atoms with E-state index in [-0.39, 0.29) is 0 Å². The molecule has 1 nitrogen and oxygen atoms in total. The predicted octanol–water partition coefficient (Wildman–Crippen LogP) is 14.3.